The van der Waals surface area contributed by atoms with Crippen LogP contribution in [0, 0.1) is 0 Å². The number of benzene rings is 1. The molecule has 0 amide bonds. The molecular weight excluding hydrogens is 260 g/mol. The van der Waals surface area contributed by atoms with E-state index < -0.39 is 0 Å². The van der Waals surface area contributed by atoms with Gasteiger partial charge in [0.15, 0.2) is 0 Å². The molecule has 1 aliphatic heterocycles. The molecule has 0 saturated heterocycles. The molecular formula is C18H22N2O. The maximum Gasteiger partial charge on any atom is 0.252 e. The van der Waals surface area contributed by atoms with E-state index in [1.807, 2.05) is 6.08 Å². The molecule has 1 aromatic rings. The van der Waals surface area contributed by atoms with Crippen molar-refractivity contribution in [2.45, 2.75) is 33.1 Å². The van der Waals surface area contributed by atoms with E-state index in [4.69, 9.17) is 4.84 Å². The summed E-state index contributed by atoms with van der Waals surface area (Å²) in [7, 11) is 1.70. The molecule has 0 N–H and O–H groups in total. The van der Waals surface area contributed by atoms with Crippen molar-refractivity contribution in [3.8, 4) is 0 Å². The summed E-state index contributed by atoms with van der Waals surface area (Å²) in [6, 6.07) is 8.84. The second-order valence-electron chi connectivity index (χ2n) is 5.56. The molecule has 2 rings (SSSR count). The highest BCUT2D eigenvalue weighted by atomic mass is 16.6. The first-order valence-electron chi connectivity index (χ1n) is 7.24. The average Bonchev–Trinajstić information content (AvgIpc) is 2.93. The van der Waals surface area contributed by atoms with Crippen LogP contribution in [0.4, 0.5) is 0 Å². The maximum atomic E-state index is 5.02. The van der Waals surface area contributed by atoms with E-state index in [0.29, 0.717) is 11.8 Å². The van der Waals surface area contributed by atoms with Crippen molar-refractivity contribution >= 4 is 12.1 Å². The van der Waals surface area contributed by atoms with E-state index >= 15 is 0 Å². The lowest BCUT2D eigenvalue weighted by Gasteiger charge is -2.07. The fraction of sp³-hybridized carbons (Fsp3) is 0.333. The number of hydrogen-bond acceptors (Lipinski definition) is 3. The standard InChI is InChI=1S/C18H22N2O/c1-13(2)16-9-6-15(7-10-16)11-14(3)5-8-17-12-20-21-18(17)19-4/h5-10,12-13H,11H2,1-4H3/b14-5+,17-8-,19-18?. The lowest BCUT2D eigenvalue weighted by Crippen LogP contribution is -1.98. The quantitative estimate of drug-likeness (QED) is 0.812. The van der Waals surface area contributed by atoms with E-state index in [-0.39, 0.29) is 0 Å². The third kappa shape index (κ3) is 4.15. The Kier molecular flexibility index (Phi) is 5.09. The van der Waals surface area contributed by atoms with Crippen molar-refractivity contribution in [3.05, 3.63) is 58.7 Å². The van der Waals surface area contributed by atoms with Crippen molar-refractivity contribution in [1.29, 1.82) is 0 Å². The first-order valence-corrected chi connectivity index (χ1v) is 7.24. The van der Waals surface area contributed by atoms with Crippen LogP contribution < -0.4 is 0 Å². The summed E-state index contributed by atoms with van der Waals surface area (Å²) >= 11 is 0. The number of nitrogens with zero attached hydrogens (tertiary/aromatic N) is 2. The number of hydrogen-bond donors (Lipinski definition) is 0. The molecule has 0 aromatic heterocycles. The molecule has 1 heterocycles. The number of aliphatic imine (C=N–C) groups is 1. The van der Waals surface area contributed by atoms with Gasteiger partial charge in [-0.05, 0) is 36.5 Å². The van der Waals surface area contributed by atoms with Gasteiger partial charge in [0.25, 0.3) is 5.90 Å². The Labute approximate surface area is 126 Å². The highest BCUT2D eigenvalue weighted by Gasteiger charge is 2.11. The average molecular weight is 282 g/mol. The molecule has 0 aliphatic carbocycles. The first kappa shape index (κ1) is 15.2. The Morgan fingerprint density at radius 3 is 2.62 bits per heavy atom. The normalized spacial score (nSPS) is 18.8. The van der Waals surface area contributed by atoms with Gasteiger partial charge >= 0.3 is 0 Å². The minimum Gasteiger partial charge on any atom is -0.336 e. The Morgan fingerprint density at radius 2 is 2.00 bits per heavy atom. The van der Waals surface area contributed by atoms with Crippen LogP contribution in [0.15, 0.2) is 57.7 Å². The van der Waals surface area contributed by atoms with Crippen LogP contribution >= 0.6 is 0 Å². The van der Waals surface area contributed by atoms with Crippen LogP contribution in [0.3, 0.4) is 0 Å². The van der Waals surface area contributed by atoms with Crippen LogP contribution in [0.1, 0.15) is 37.8 Å². The lowest BCUT2D eigenvalue weighted by atomic mass is 9.99. The van der Waals surface area contributed by atoms with Crippen LogP contribution in [0.5, 0.6) is 0 Å². The highest BCUT2D eigenvalue weighted by Crippen LogP contribution is 2.16. The summed E-state index contributed by atoms with van der Waals surface area (Å²) in [5, 5.41) is 3.75. The molecule has 3 heteroatoms. The van der Waals surface area contributed by atoms with Gasteiger partial charge in [0.2, 0.25) is 0 Å². The summed E-state index contributed by atoms with van der Waals surface area (Å²) in [6.45, 7) is 6.55. The van der Waals surface area contributed by atoms with Gasteiger partial charge in [-0.3, -0.25) is 4.99 Å². The van der Waals surface area contributed by atoms with Gasteiger partial charge in [0.05, 0.1) is 11.8 Å². The van der Waals surface area contributed by atoms with Gasteiger partial charge in [-0.25, -0.2) is 0 Å². The molecule has 1 aliphatic rings. The maximum absolute atomic E-state index is 5.02. The monoisotopic (exact) mass is 282 g/mol. The predicted octanol–water partition coefficient (Wildman–Crippen LogP) is 4.27. The second-order valence-corrected chi connectivity index (χ2v) is 5.56. The minimum atomic E-state index is 0.570. The zero-order valence-electron chi connectivity index (χ0n) is 13.1. The van der Waals surface area contributed by atoms with Gasteiger partial charge < -0.3 is 4.84 Å². The number of allylic oxidation sites excluding steroid dienone is 3. The molecule has 0 bridgehead atoms. The molecule has 21 heavy (non-hydrogen) atoms. The molecule has 110 valence electrons. The summed E-state index contributed by atoms with van der Waals surface area (Å²) in [4.78, 5) is 9.05. The van der Waals surface area contributed by atoms with E-state index in [1.165, 1.54) is 16.7 Å². The van der Waals surface area contributed by atoms with Gasteiger partial charge in [-0.15, -0.1) is 0 Å². The van der Waals surface area contributed by atoms with Crippen LogP contribution in [-0.4, -0.2) is 19.2 Å². The lowest BCUT2D eigenvalue weighted by molar-refractivity contribution is 0.342. The van der Waals surface area contributed by atoms with E-state index in [2.05, 4.69) is 61.3 Å². The fourth-order valence-electron chi connectivity index (χ4n) is 2.16. The zero-order valence-corrected chi connectivity index (χ0v) is 13.1. The van der Waals surface area contributed by atoms with E-state index in [1.54, 1.807) is 13.3 Å². The zero-order chi connectivity index (χ0) is 15.2. The van der Waals surface area contributed by atoms with Crippen molar-refractivity contribution in [2.24, 2.45) is 10.1 Å². The number of rotatable bonds is 4. The predicted molar refractivity (Wildman–Crippen MR) is 89.0 cm³/mol. The molecule has 1 aromatic carbocycles. The SMILES string of the molecule is CN=C1ON=C/C1=C/C=C(\C)Cc1ccc(C(C)C)cc1. The molecule has 0 radical (unpaired) electrons. The summed E-state index contributed by atoms with van der Waals surface area (Å²) in [5.41, 5.74) is 4.90. The Morgan fingerprint density at radius 1 is 1.29 bits per heavy atom. The third-order valence-electron chi connectivity index (χ3n) is 3.46. The largest absolute Gasteiger partial charge is 0.336 e. The van der Waals surface area contributed by atoms with Crippen molar-refractivity contribution < 1.29 is 4.84 Å². The van der Waals surface area contributed by atoms with Crippen LogP contribution in [0.2, 0.25) is 0 Å². The van der Waals surface area contributed by atoms with Gasteiger partial charge in [-0.2, -0.15) is 0 Å². The van der Waals surface area contributed by atoms with Crippen molar-refractivity contribution in [2.75, 3.05) is 7.05 Å². The third-order valence-corrected chi connectivity index (χ3v) is 3.46. The molecule has 0 spiro atoms. The molecule has 0 atom stereocenters. The molecule has 0 unspecified atom stereocenters. The molecule has 0 fully saturated rings. The second kappa shape index (κ2) is 7.02. The van der Waals surface area contributed by atoms with Gasteiger partial charge in [0.1, 0.15) is 0 Å². The Bertz CT molecular complexity index is 605. The van der Waals surface area contributed by atoms with E-state index in [9.17, 15) is 0 Å². The van der Waals surface area contributed by atoms with Crippen LogP contribution in [-0.2, 0) is 11.3 Å². The van der Waals surface area contributed by atoms with Crippen molar-refractivity contribution in [3.63, 3.8) is 0 Å². The topological polar surface area (TPSA) is 34.0 Å². The minimum absolute atomic E-state index is 0.570. The Hall–Kier alpha value is -2.16. The number of oxime groups is 1. The molecule has 3 nitrogen and oxygen atoms in total. The van der Waals surface area contributed by atoms with Gasteiger partial charge in [0, 0.05) is 7.05 Å². The van der Waals surface area contributed by atoms with Gasteiger partial charge in [-0.1, -0.05) is 54.9 Å². The molecule has 0 saturated carbocycles. The summed E-state index contributed by atoms with van der Waals surface area (Å²) in [5.74, 6) is 1.15. The smallest absolute Gasteiger partial charge is 0.252 e. The fourth-order valence-corrected chi connectivity index (χ4v) is 2.16. The van der Waals surface area contributed by atoms with E-state index in [0.717, 1.165) is 12.0 Å². The highest BCUT2D eigenvalue weighted by molar-refractivity contribution is 6.14. The summed E-state index contributed by atoms with van der Waals surface area (Å²) < 4.78 is 0. The first-order chi connectivity index (χ1) is 10.1. The summed E-state index contributed by atoms with van der Waals surface area (Å²) in [6.07, 6.45) is 6.72. The van der Waals surface area contributed by atoms with Crippen molar-refractivity contribution in [1.82, 2.24) is 0 Å². The van der Waals surface area contributed by atoms with Crippen LogP contribution in [0.25, 0.3) is 0 Å². The Balaban J connectivity index is 2.04.